The van der Waals surface area contributed by atoms with E-state index in [2.05, 4.69) is 30.5 Å². The van der Waals surface area contributed by atoms with Crippen LogP contribution in [-0.2, 0) is 13.1 Å². The van der Waals surface area contributed by atoms with Crippen LogP contribution in [0, 0.1) is 6.92 Å². The number of carboxylic acids is 1. The molecule has 0 bridgehead atoms. The molecule has 0 aliphatic carbocycles. The minimum atomic E-state index is -0.983. The van der Waals surface area contributed by atoms with Gasteiger partial charge in [-0.3, -0.25) is 4.90 Å². The van der Waals surface area contributed by atoms with Crippen LogP contribution in [0.1, 0.15) is 27.0 Å². The number of carboxylic acid groups (broad SMARTS) is 1. The Bertz CT molecular complexity index is 725. The first kappa shape index (κ1) is 17.8. The Morgan fingerprint density at radius 1 is 1.25 bits per heavy atom. The molecule has 0 aromatic heterocycles. The molecule has 2 rings (SSSR count). The molecule has 0 fully saturated rings. The molecule has 0 aliphatic rings. The molecule has 2 aromatic rings. The predicted molar refractivity (Wildman–Crippen MR) is 95.4 cm³/mol. The molecule has 24 heavy (non-hydrogen) atoms. The summed E-state index contributed by atoms with van der Waals surface area (Å²) in [7, 11) is 1.48. The molecule has 4 heteroatoms. The van der Waals surface area contributed by atoms with Crippen molar-refractivity contribution in [2.24, 2.45) is 0 Å². The van der Waals surface area contributed by atoms with Crippen molar-refractivity contribution in [3.63, 3.8) is 0 Å². The topological polar surface area (TPSA) is 49.8 Å². The summed E-state index contributed by atoms with van der Waals surface area (Å²) < 4.78 is 5.11. The van der Waals surface area contributed by atoms with Crippen molar-refractivity contribution in [1.82, 2.24) is 4.90 Å². The normalized spacial score (nSPS) is 10.6. The van der Waals surface area contributed by atoms with E-state index < -0.39 is 5.97 Å². The lowest BCUT2D eigenvalue weighted by Gasteiger charge is -2.22. The average Bonchev–Trinajstić information content (AvgIpc) is 2.57. The van der Waals surface area contributed by atoms with E-state index in [1.165, 1.54) is 18.2 Å². The lowest BCUT2D eigenvalue weighted by Crippen LogP contribution is -2.23. The van der Waals surface area contributed by atoms with Crippen molar-refractivity contribution < 1.29 is 14.6 Å². The summed E-state index contributed by atoms with van der Waals surface area (Å²) in [5.41, 5.74) is 3.62. The maximum Gasteiger partial charge on any atom is 0.339 e. The van der Waals surface area contributed by atoms with E-state index in [-0.39, 0.29) is 5.56 Å². The van der Waals surface area contributed by atoms with E-state index in [0.29, 0.717) is 12.3 Å². The van der Waals surface area contributed by atoms with Crippen LogP contribution < -0.4 is 4.74 Å². The first-order valence-electron chi connectivity index (χ1n) is 7.83. The minimum Gasteiger partial charge on any atom is -0.496 e. The Morgan fingerprint density at radius 2 is 2.00 bits per heavy atom. The predicted octanol–water partition coefficient (Wildman–Crippen LogP) is 3.89. The van der Waals surface area contributed by atoms with Gasteiger partial charge in [-0.2, -0.15) is 0 Å². The molecular formula is C20H23NO3. The summed E-state index contributed by atoms with van der Waals surface area (Å²) in [6.07, 6.45) is 1.86. The molecule has 0 unspecified atom stereocenters. The van der Waals surface area contributed by atoms with E-state index >= 15 is 0 Å². The van der Waals surface area contributed by atoms with Gasteiger partial charge >= 0.3 is 5.97 Å². The summed E-state index contributed by atoms with van der Waals surface area (Å²) >= 11 is 0. The highest BCUT2D eigenvalue weighted by Gasteiger charge is 2.13. The Balaban J connectivity index is 2.21. The van der Waals surface area contributed by atoms with Gasteiger partial charge in [-0.05, 0) is 35.7 Å². The second-order valence-electron chi connectivity index (χ2n) is 5.72. The third-order valence-corrected chi connectivity index (χ3v) is 3.94. The SMILES string of the molecule is C=CCN(Cc1ccc(OC)c(C(=O)O)c1)Cc1ccccc1C. The maximum atomic E-state index is 11.4. The first-order chi connectivity index (χ1) is 11.5. The quantitative estimate of drug-likeness (QED) is 0.748. The van der Waals surface area contributed by atoms with E-state index in [1.807, 2.05) is 24.3 Å². The Hall–Kier alpha value is -2.59. The number of ether oxygens (including phenoxy) is 1. The maximum absolute atomic E-state index is 11.4. The highest BCUT2D eigenvalue weighted by atomic mass is 16.5. The lowest BCUT2D eigenvalue weighted by atomic mass is 10.1. The van der Waals surface area contributed by atoms with Gasteiger partial charge in [-0.15, -0.1) is 6.58 Å². The highest BCUT2D eigenvalue weighted by molar-refractivity contribution is 5.91. The summed E-state index contributed by atoms with van der Waals surface area (Å²) in [6.45, 7) is 8.07. The zero-order valence-corrected chi connectivity index (χ0v) is 14.2. The van der Waals surface area contributed by atoms with Crippen molar-refractivity contribution in [1.29, 1.82) is 0 Å². The summed E-state index contributed by atoms with van der Waals surface area (Å²) in [6, 6.07) is 13.6. The van der Waals surface area contributed by atoms with Crippen LogP contribution in [0.5, 0.6) is 5.75 Å². The number of methoxy groups -OCH3 is 1. The number of aryl methyl sites for hydroxylation is 1. The van der Waals surface area contributed by atoms with Gasteiger partial charge in [0.1, 0.15) is 11.3 Å². The number of hydrogen-bond acceptors (Lipinski definition) is 3. The monoisotopic (exact) mass is 325 g/mol. The van der Waals surface area contributed by atoms with Crippen molar-refractivity contribution in [3.05, 3.63) is 77.4 Å². The zero-order valence-electron chi connectivity index (χ0n) is 14.2. The fourth-order valence-electron chi connectivity index (χ4n) is 2.67. The number of rotatable bonds is 8. The van der Waals surface area contributed by atoms with Crippen LogP contribution in [0.4, 0.5) is 0 Å². The van der Waals surface area contributed by atoms with Gasteiger partial charge in [0.25, 0.3) is 0 Å². The number of benzene rings is 2. The van der Waals surface area contributed by atoms with E-state index in [4.69, 9.17) is 4.74 Å². The van der Waals surface area contributed by atoms with Crippen LogP contribution in [0.3, 0.4) is 0 Å². The largest absolute Gasteiger partial charge is 0.496 e. The molecule has 0 spiro atoms. The third kappa shape index (κ3) is 4.46. The Kier molecular flexibility index (Phi) is 6.15. The molecule has 0 amide bonds. The first-order valence-corrected chi connectivity index (χ1v) is 7.83. The number of carbonyl (C=O) groups is 1. The van der Waals surface area contributed by atoms with Crippen LogP contribution in [-0.4, -0.2) is 29.6 Å². The molecule has 126 valence electrons. The molecular weight excluding hydrogens is 302 g/mol. The summed E-state index contributed by atoms with van der Waals surface area (Å²) in [5.74, 6) is -0.608. The van der Waals surface area contributed by atoms with Crippen molar-refractivity contribution in [2.75, 3.05) is 13.7 Å². The van der Waals surface area contributed by atoms with Gasteiger partial charge in [0.15, 0.2) is 0 Å². The number of aromatic carboxylic acids is 1. The number of nitrogens with zero attached hydrogens (tertiary/aromatic N) is 1. The smallest absolute Gasteiger partial charge is 0.339 e. The van der Waals surface area contributed by atoms with Crippen molar-refractivity contribution in [3.8, 4) is 5.75 Å². The van der Waals surface area contributed by atoms with Crippen LogP contribution in [0.25, 0.3) is 0 Å². The molecule has 0 aliphatic heterocycles. The van der Waals surface area contributed by atoms with Gasteiger partial charge in [0, 0.05) is 19.6 Å². The molecule has 0 heterocycles. The van der Waals surface area contributed by atoms with E-state index in [1.54, 1.807) is 12.1 Å². The summed E-state index contributed by atoms with van der Waals surface area (Å²) in [4.78, 5) is 13.6. The van der Waals surface area contributed by atoms with Crippen LogP contribution in [0.2, 0.25) is 0 Å². The minimum absolute atomic E-state index is 0.185. The molecule has 1 N–H and O–H groups in total. The second-order valence-corrected chi connectivity index (χ2v) is 5.72. The Labute approximate surface area is 143 Å². The number of hydrogen-bond donors (Lipinski definition) is 1. The van der Waals surface area contributed by atoms with Crippen LogP contribution >= 0.6 is 0 Å². The average molecular weight is 325 g/mol. The third-order valence-electron chi connectivity index (χ3n) is 3.94. The molecule has 4 nitrogen and oxygen atoms in total. The zero-order chi connectivity index (χ0) is 17.5. The standard InChI is InChI=1S/C20H23NO3/c1-4-11-21(14-17-8-6-5-7-15(17)2)13-16-9-10-19(24-3)18(12-16)20(22)23/h4-10,12H,1,11,13-14H2,2-3H3,(H,22,23). The molecule has 0 radical (unpaired) electrons. The van der Waals surface area contributed by atoms with Gasteiger partial charge in [0.2, 0.25) is 0 Å². The van der Waals surface area contributed by atoms with Gasteiger partial charge < -0.3 is 9.84 Å². The Morgan fingerprint density at radius 3 is 2.62 bits per heavy atom. The van der Waals surface area contributed by atoms with E-state index in [9.17, 15) is 9.90 Å². The highest BCUT2D eigenvalue weighted by Crippen LogP contribution is 2.21. The molecule has 0 saturated carbocycles. The molecule has 0 saturated heterocycles. The van der Waals surface area contributed by atoms with E-state index in [0.717, 1.165) is 18.7 Å². The molecule has 0 atom stereocenters. The van der Waals surface area contributed by atoms with Crippen LogP contribution in [0.15, 0.2) is 55.1 Å². The molecule has 2 aromatic carbocycles. The fraction of sp³-hybridized carbons (Fsp3) is 0.250. The van der Waals surface area contributed by atoms with Crippen molar-refractivity contribution >= 4 is 5.97 Å². The van der Waals surface area contributed by atoms with Gasteiger partial charge in [-0.25, -0.2) is 4.79 Å². The summed E-state index contributed by atoms with van der Waals surface area (Å²) in [5, 5.41) is 9.32. The van der Waals surface area contributed by atoms with Gasteiger partial charge in [-0.1, -0.05) is 36.4 Å². The fourth-order valence-corrected chi connectivity index (χ4v) is 2.67. The van der Waals surface area contributed by atoms with Gasteiger partial charge in [0.05, 0.1) is 7.11 Å². The lowest BCUT2D eigenvalue weighted by molar-refractivity contribution is 0.0693. The second kappa shape index (κ2) is 8.31. The van der Waals surface area contributed by atoms with Crippen molar-refractivity contribution in [2.45, 2.75) is 20.0 Å².